The summed E-state index contributed by atoms with van der Waals surface area (Å²) in [7, 11) is -5.05. The van der Waals surface area contributed by atoms with Gasteiger partial charge in [-0.15, -0.1) is 0 Å². The predicted octanol–water partition coefficient (Wildman–Crippen LogP) is 3.06. The van der Waals surface area contributed by atoms with Crippen LogP contribution in [0.15, 0.2) is 87.5 Å². The van der Waals surface area contributed by atoms with Gasteiger partial charge in [-0.3, -0.25) is 0 Å². The van der Waals surface area contributed by atoms with Gasteiger partial charge in [0.15, 0.2) is 0 Å². The van der Waals surface area contributed by atoms with Gasteiger partial charge in [-0.1, -0.05) is 36.4 Å². The van der Waals surface area contributed by atoms with Crippen LogP contribution in [0.4, 0.5) is 0 Å². The summed E-state index contributed by atoms with van der Waals surface area (Å²) in [6.45, 7) is 0.0987. The number of sulfone groups is 1. The van der Waals surface area contributed by atoms with Gasteiger partial charge >= 0.3 is 0 Å². The molecule has 1 N–H and O–H groups in total. The van der Waals surface area contributed by atoms with Crippen molar-refractivity contribution in [2.75, 3.05) is 20.8 Å². The fourth-order valence-corrected chi connectivity index (χ4v) is 5.68. The standard InChI is InChI=1S/C22H23NO6S2/c1-28-20-11-7-6-8-17(20)14-15-23-31(26,27)22-16-19(12-13-21(22)29-2)30(24,25)18-9-4-3-5-10-18/h3-13,16,23H,14-15H2,1-2H3. The molecule has 0 amide bonds. The quantitative estimate of drug-likeness (QED) is 0.526. The maximum absolute atomic E-state index is 13.0. The van der Waals surface area contributed by atoms with E-state index in [0.29, 0.717) is 12.2 Å². The summed E-state index contributed by atoms with van der Waals surface area (Å²) < 4.78 is 64.7. The van der Waals surface area contributed by atoms with E-state index in [9.17, 15) is 16.8 Å². The Labute approximate surface area is 182 Å². The van der Waals surface area contributed by atoms with Crippen molar-refractivity contribution in [1.29, 1.82) is 0 Å². The van der Waals surface area contributed by atoms with Crippen LogP contribution in [0.3, 0.4) is 0 Å². The first kappa shape index (κ1) is 22.8. The van der Waals surface area contributed by atoms with E-state index < -0.39 is 19.9 Å². The van der Waals surface area contributed by atoms with E-state index in [0.717, 1.165) is 11.6 Å². The molecule has 3 rings (SSSR count). The molecule has 164 valence electrons. The largest absolute Gasteiger partial charge is 0.496 e. The molecule has 31 heavy (non-hydrogen) atoms. The molecule has 7 nitrogen and oxygen atoms in total. The second-order valence-corrected chi connectivity index (χ2v) is 10.3. The van der Waals surface area contributed by atoms with Gasteiger partial charge in [0.25, 0.3) is 0 Å². The van der Waals surface area contributed by atoms with Crippen LogP contribution in [0.2, 0.25) is 0 Å². The van der Waals surface area contributed by atoms with E-state index >= 15 is 0 Å². The lowest BCUT2D eigenvalue weighted by molar-refractivity contribution is 0.401. The predicted molar refractivity (Wildman–Crippen MR) is 117 cm³/mol. The number of methoxy groups -OCH3 is 2. The number of para-hydroxylation sites is 1. The lowest BCUT2D eigenvalue weighted by atomic mass is 10.1. The number of sulfonamides is 1. The van der Waals surface area contributed by atoms with E-state index in [1.807, 2.05) is 18.2 Å². The molecule has 0 heterocycles. The van der Waals surface area contributed by atoms with Crippen molar-refractivity contribution in [2.24, 2.45) is 0 Å². The molecule has 0 aromatic heterocycles. The van der Waals surface area contributed by atoms with Gasteiger partial charge in [0, 0.05) is 6.54 Å². The van der Waals surface area contributed by atoms with Crippen LogP contribution < -0.4 is 14.2 Å². The number of ether oxygens (including phenoxy) is 2. The summed E-state index contributed by atoms with van der Waals surface area (Å²) in [6.07, 6.45) is 0.396. The number of rotatable bonds is 9. The minimum absolute atomic E-state index is 0.0526. The Hall–Kier alpha value is -2.88. The first-order chi connectivity index (χ1) is 14.8. The van der Waals surface area contributed by atoms with Gasteiger partial charge in [0.1, 0.15) is 16.4 Å². The molecular formula is C22H23NO6S2. The van der Waals surface area contributed by atoms with Crippen molar-refractivity contribution in [3.05, 3.63) is 78.4 Å². The Morgan fingerprint density at radius 1 is 0.742 bits per heavy atom. The zero-order valence-corrected chi connectivity index (χ0v) is 18.7. The van der Waals surface area contributed by atoms with Crippen molar-refractivity contribution in [2.45, 2.75) is 21.1 Å². The molecular weight excluding hydrogens is 438 g/mol. The van der Waals surface area contributed by atoms with Crippen molar-refractivity contribution in [3.63, 3.8) is 0 Å². The maximum Gasteiger partial charge on any atom is 0.244 e. The number of hydrogen-bond donors (Lipinski definition) is 1. The third kappa shape index (κ3) is 5.07. The smallest absolute Gasteiger partial charge is 0.244 e. The second-order valence-electron chi connectivity index (χ2n) is 6.59. The van der Waals surface area contributed by atoms with Gasteiger partial charge in [-0.2, -0.15) is 0 Å². The maximum atomic E-state index is 13.0. The van der Waals surface area contributed by atoms with Crippen LogP contribution in [0.1, 0.15) is 5.56 Å². The van der Waals surface area contributed by atoms with Crippen molar-refractivity contribution >= 4 is 19.9 Å². The molecule has 3 aromatic rings. The molecule has 0 unspecified atom stereocenters. The van der Waals surface area contributed by atoms with E-state index in [2.05, 4.69) is 4.72 Å². The number of benzene rings is 3. The molecule has 0 saturated heterocycles. The minimum Gasteiger partial charge on any atom is -0.496 e. The normalized spacial score (nSPS) is 11.8. The molecule has 9 heteroatoms. The average molecular weight is 462 g/mol. The number of nitrogens with one attached hydrogen (secondary N) is 1. The average Bonchev–Trinajstić information content (AvgIpc) is 2.79. The first-order valence-corrected chi connectivity index (χ1v) is 12.4. The van der Waals surface area contributed by atoms with Crippen molar-refractivity contribution < 1.29 is 26.3 Å². The van der Waals surface area contributed by atoms with E-state index in [4.69, 9.17) is 9.47 Å². The zero-order chi connectivity index (χ0) is 22.5. The molecule has 0 radical (unpaired) electrons. The zero-order valence-electron chi connectivity index (χ0n) is 17.1. The van der Waals surface area contributed by atoms with Crippen LogP contribution >= 0.6 is 0 Å². The molecule has 0 spiro atoms. The van der Waals surface area contributed by atoms with E-state index in [1.54, 1.807) is 31.4 Å². The molecule has 0 bridgehead atoms. The minimum atomic E-state index is -4.04. The summed E-state index contributed by atoms with van der Waals surface area (Å²) in [5.41, 5.74) is 0.847. The summed E-state index contributed by atoms with van der Waals surface area (Å²) in [6, 6.07) is 18.9. The molecule has 0 atom stereocenters. The van der Waals surface area contributed by atoms with Crippen LogP contribution in [-0.2, 0) is 26.3 Å². The topological polar surface area (TPSA) is 98.8 Å². The van der Waals surface area contributed by atoms with Gasteiger partial charge in [0.05, 0.1) is 24.0 Å². The molecule has 0 aliphatic heterocycles. The third-order valence-electron chi connectivity index (χ3n) is 4.67. The Morgan fingerprint density at radius 2 is 1.39 bits per heavy atom. The highest BCUT2D eigenvalue weighted by Gasteiger charge is 2.25. The summed E-state index contributed by atoms with van der Waals surface area (Å²) in [4.78, 5) is -0.302. The van der Waals surface area contributed by atoms with Crippen molar-refractivity contribution in [1.82, 2.24) is 4.72 Å². The Morgan fingerprint density at radius 3 is 2.06 bits per heavy atom. The molecule has 0 aliphatic carbocycles. The summed E-state index contributed by atoms with van der Waals surface area (Å²) in [5.74, 6) is 0.715. The molecule has 0 saturated carbocycles. The van der Waals surface area contributed by atoms with Gasteiger partial charge in [-0.25, -0.2) is 21.6 Å². The summed E-state index contributed by atoms with van der Waals surface area (Å²) >= 11 is 0. The van der Waals surface area contributed by atoms with E-state index in [-0.39, 0.29) is 27.0 Å². The first-order valence-electron chi connectivity index (χ1n) is 9.39. The highest BCUT2D eigenvalue weighted by atomic mass is 32.2. The Kier molecular flexibility index (Phi) is 6.99. The van der Waals surface area contributed by atoms with Crippen LogP contribution in [0.25, 0.3) is 0 Å². The van der Waals surface area contributed by atoms with Crippen LogP contribution in [0, 0.1) is 0 Å². The lowest BCUT2D eigenvalue weighted by Gasteiger charge is -2.13. The van der Waals surface area contributed by atoms with Crippen LogP contribution in [0.5, 0.6) is 11.5 Å². The fraction of sp³-hybridized carbons (Fsp3) is 0.182. The lowest BCUT2D eigenvalue weighted by Crippen LogP contribution is -2.26. The van der Waals surface area contributed by atoms with Crippen molar-refractivity contribution in [3.8, 4) is 11.5 Å². The molecule has 0 fully saturated rings. The van der Waals surface area contributed by atoms with E-state index in [1.165, 1.54) is 31.4 Å². The molecule has 0 aliphatic rings. The third-order valence-corrected chi connectivity index (χ3v) is 7.92. The second kappa shape index (κ2) is 9.51. The highest BCUT2D eigenvalue weighted by molar-refractivity contribution is 7.91. The molecule has 3 aromatic carbocycles. The van der Waals surface area contributed by atoms with Gasteiger partial charge in [-0.05, 0) is 48.4 Å². The monoisotopic (exact) mass is 461 g/mol. The Bertz CT molecular complexity index is 1260. The SMILES string of the molecule is COc1ccccc1CCNS(=O)(=O)c1cc(S(=O)(=O)c2ccccc2)ccc1OC. The Balaban J connectivity index is 1.89. The van der Waals surface area contributed by atoms with Crippen LogP contribution in [-0.4, -0.2) is 37.6 Å². The van der Waals surface area contributed by atoms with Gasteiger partial charge < -0.3 is 9.47 Å². The number of hydrogen-bond acceptors (Lipinski definition) is 6. The highest BCUT2D eigenvalue weighted by Crippen LogP contribution is 2.29. The summed E-state index contributed by atoms with van der Waals surface area (Å²) in [5, 5.41) is 0. The van der Waals surface area contributed by atoms with Gasteiger partial charge in [0.2, 0.25) is 19.9 Å². The fourth-order valence-electron chi connectivity index (χ4n) is 3.08.